The molecule has 0 rings (SSSR count). The second-order valence-corrected chi connectivity index (χ2v) is 2.18. The minimum absolute atomic E-state index is 0.561. The highest BCUT2D eigenvalue weighted by Crippen LogP contribution is 1.99. The van der Waals surface area contributed by atoms with Gasteiger partial charge in [-0.2, -0.15) is 0 Å². The van der Waals surface area contributed by atoms with Gasteiger partial charge < -0.3 is 16.5 Å². The third-order valence-corrected chi connectivity index (χ3v) is 1.26. The molecule has 0 unspecified atom stereocenters. The van der Waals surface area contributed by atoms with Crippen molar-refractivity contribution in [2.24, 2.45) is 5.73 Å². The van der Waals surface area contributed by atoms with Crippen LogP contribution in [0, 0.1) is 5.41 Å². The smallest absolute Gasteiger partial charge is 0.0562 e. The number of nitrogens with two attached hydrogens (primary N) is 1. The number of rotatable bonds is 4. The number of allylic oxidation sites excluding steroid dienone is 4. The van der Waals surface area contributed by atoms with Crippen LogP contribution in [0.3, 0.4) is 0 Å². The van der Waals surface area contributed by atoms with Crippen molar-refractivity contribution >= 4 is 6.21 Å². The molecule has 0 spiro atoms. The molecule has 0 aliphatic heterocycles. The van der Waals surface area contributed by atoms with Gasteiger partial charge in [-0.25, -0.2) is 0 Å². The summed E-state index contributed by atoms with van der Waals surface area (Å²) in [5.41, 5.74) is 6.88. The van der Waals surface area contributed by atoms with Crippen LogP contribution in [0.1, 0.15) is 6.92 Å². The molecule has 0 atom stereocenters. The molecule has 0 fully saturated rings. The van der Waals surface area contributed by atoms with Gasteiger partial charge in [0.2, 0.25) is 0 Å². The molecule has 0 aromatic carbocycles. The van der Waals surface area contributed by atoms with Gasteiger partial charge in [0.1, 0.15) is 0 Å². The van der Waals surface area contributed by atoms with E-state index in [0.29, 0.717) is 11.3 Å². The third kappa shape index (κ3) is 3.61. The summed E-state index contributed by atoms with van der Waals surface area (Å²) in [5.74, 6) is 0. The van der Waals surface area contributed by atoms with Crippen molar-refractivity contribution in [3.05, 3.63) is 35.7 Å². The number of nitrogens with one attached hydrogen (secondary N) is 2. The maximum atomic E-state index is 7.07. The highest BCUT2D eigenvalue weighted by molar-refractivity contribution is 5.82. The Balaban J connectivity index is 4.54. The molecule has 0 heterocycles. The van der Waals surface area contributed by atoms with E-state index in [1.165, 1.54) is 6.21 Å². The van der Waals surface area contributed by atoms with E-state index in [1.807, 2.05) is 19.1 Å². The van der Waals surface area contributed by atoms with Crippen LogP contribution in [-0.2, 0) is 0 Å². The molecule has 0 radical (unpaired) electrons. The monoisotopic (exact) mass is 165 g/mol. The molecule has 0 aliphatic rings. The van der Waals surface area contributed by atoms with Gasteiger partial charge in [0.05, 0.1) is 5.70 Å². The molecule has 0 amide bonds. The first kappa shape index (κ1) is 10.5. The molecule has 0 aromatic heterocycles. The zero-order valence-electron chi connectivity index (χ0n) is 7.46. The van der Waals surface area contributed by atoms with E-state index < -0.39 is 0 Å². The predicted molar refractivity (Wildman–Crippen MR) is 53.0 cm³/mol. The highest BCUT2D eigenvalue weighted by Gasteiger charge is 1.93. The van der Waals surface area contributed by atoms with Gasteiger partial charge in [0, 0.05) is 25.0 Å². The summed E-state index contributed by atoms with van der Waals surface area (Å²) in [5, 5.41) is 9.87. The first-order valence-corrected chi connectivity index (χ1v) is 3.73. The highest BCUT2D eigenvalue weighted by atomic mass is 14.8. The van der Waals surface area contributed by atoms with Gasteiger partial charge in [-0.3, -0.25) is 0 Å². The molecule has 4 N–H and O–H groups in total. The molecule has 0 bridgehead atoms. The van der Waals surface area contributed by atoms with Crippen LogP contribution in [0.5, 0.6) is 0 Å². The quantitative estimate of drug-likeness (QED) is 0.432. The number of hydrogen-bond acceptors (Lipinski definition) is 3. The van der Waals surface area contributed by atoms with E-state index in [4.69, 9.17) is 11.1 Å². The van der Waals surface area contributed by atoms with Crippen molar-refractivity contribution in [3.8, 4) is 0 Å². The van der Waals surface area contributed by atoms with Gasteiger partial charge in [-0.05, 0) is 6.92 Å². The molecule has 0 aromatic rings. The van der Waals surface area contributed by atoms with E-state index in [0.717, 1.165) is 0 Å². The van der Waals surface area contributed by atoms with Crippen LogP contribution in [-0.4, -0.2) is 13.3 Å². The maximum absolute atomic E-state index is 7.07. The fourth-order valence-electron chi connectivity index (χ4n) is 0.666. The standard InChI is InChI=1S/C9H15N3/c1-3-4-5-8(6-10)9(11)7-12-2/h3-7,10,12H,11H2,1-2H3/b4-3+,8-5-,9-7+,10-6?. The molecular formula is C9H15N3. The van der Waals surface area contributed by atoms with Gasteiger partial charge in [-0.15, -0.1) is 0 Å². The lowest BCUT2D eigenvalue weighted by molar-refractivity contribution is 1.07. The summed E-state index contributed by atoms with van der Waals surface area (Å²) in [6, 6.07) is 0. The molecule has 3 heteroatoms. The van der Waals surface area contributed by atoms with E-state index in [2.05, 4.69) is 5.32 Å². The first-order valence-electron chi connectivity index (χ1n) is 3.73. The Morgan fingerprint density at radius 3 is 2.58 bits per heavy atom. The first-order chi connectivity index (χ1) is 5.76. The summed E-state index contributed by atoms with van der Waals surface area (Å²) < 4.78 is 0. The summed E-state index contributed by atoms with van der Waals surface area (Å²) >= 11 is 0. The van der Waals surface area contributed by atoms with Crippen LogP contribution in [0.15, 0.2) is 35.7 Å². The third-order valence-electron chi connectivity index (χ3n) is 1.26. The number of hydrogen-bond donors (Lipinski definition) is 3. The lowest BCUT2D eigenvalue weighted by Gasteiger charge is -1.99. The predicted octanol–water partition coefficient (Wildman–Crippen LogP) is 1.16. The maximum Gasteiger partial charge on any atom is 0.0562 e. The summed E-state index contributed by atoms with van der Waals surface area (Å²) in [6.07, 6.45) is 8.40. The van der Waals surface area contributed by atoms with Crippen LogP contribution in [0.25, 0.3) is 0 Å². The summed E-state index contributed by atoms with van der Waals surface area (Å²) in [7, 11) is 1.77. The molecule has 3 nitrogen and oxygen atoms in total. The van der Waals surface area contributed by atoms with Gasteiger partial charge in [0.25, 0.3) is 0 Å². The Kier molecular flexibility index (Phi) is 5.43. The molecule has 0 aliphatic carbocycles. The van der Waals surface area contributed by atoms with Crippen molar-refractivity contribution in [2.45, 2.75) is 6.92 Å². The minimum Gasteiger partial charge on any atom is -0.397 e. The summed E-state index contributed by atoms with van der Waals surface area (Å²) in [6.45, 7) is 1.91. The van der Waals surface area contributed by atoms with Crippen molar-refractivity contribution < 1.29 is 0 Å². The Morgan fingerprint density at radius 2 is 2.17 bits per heavy atom. The van der Waals surface area contributed by atoms with E-state index >= 15 is 0 Å². The zero-order valence-corrected chi connectivity index (χ0v) is 7.46. The second-order valence-electron chi connectivity index (χ2n) is 2.18. The molecule has 0 saturated carbocycles. The molecule has 12 heavy (non-hydrogen) atoms. The topological polar surface area (TPSA) is 61.9 Å². The SMILES string of the molecule is C/C=C/C=C(C=N)\C(N)=C/NC. The van der Waals surface area contributed by atoms with Crippen molar-refractivity contribution in [1.82, 2.24) is 5.32 Å². The minimum atomic E-state index is 0.561. The Bertz CT molecular complexity index is 224. The molecular weight excluding hydrogens is 150 g/mol. The lowest BCUT2D eigenvalue weighted by atomic mass is 10.2. The van der Waals surface area contributed by atoms with Crippen LogP contribution < -0.4 is 11.1 Å². The van der Waals surface area contributed by atoms with Gasteiger partial charge >= 0.3 is 0 Å². The average Bonchev–Trinajstić information content (AvgIpc) is 2.06. The Morgan fingerprint density at radius 1 is 1.50 bits per heavy atom. The largest absolute Gasteiger partial charge is 0.397 e. The fourth-order valence-corrected chi connectivity index (χ4v) is 0.666. The fraction of sp³-hybridized carbons (Fsp3) is 0.222. The van der Waals surface area contributed by atoms with Crippen molar-refractivity contribution in [3.63, 3.8) is 0 Å². The zero-order chi connectivity index (χ0) is 9.40. The Labute approximate surface area is 73.2 Å². The Hall–Kier alpha value is -1.51. The normalized spacial score (nSPS) is 13.5. The van der Waals surface area contributed by atoms with Crippen LogP contribution >= 0.6 is 0 Å². The van der Waals surface area contributed by atoms with Crippen molar-refractivity contribution in [1.29, 1.82) is 5.41 Å². The van der Waals surface area contributed by atoms with E-state index in [-0.39, 0.29) is 0 Å². The van der Waals surface area contributed by atoms with E-state index in [1.54, 1.807) is 19.3 Å². The van der Waals surface area contributed by atoms with Crippen LogP contribution in [0.4, 0.5) is 0 Å². The van der Waals surface area contributed by atoms with Crippen molar-refractivity contribution in [2.75, 3.05) is 7.05 Å². The second kappa shape index (κ2) is 6.22. The molecule has 66 valence electrons. The van der Waals surface area contributed by atoms with Crippen LogP contribution in [0.2, 0.25) is 0 Å². The molecule has 0 saturated heterocycles. The lowest BCUT2D eigenvalue weighted by Crippen LogP contribution is -2.07. The van der Waals surface area contributed by atoms with E-state index in [9.17, 15) is 0 Å². The van der Waals surface area contributed by atoms with Gasteiger partial charge in [0.15, 0.2) is 0 Å². The average molecular weight is 165 g/mol. The summed E-state index contributed by atoms with van der Waals surface area (Å²) in [4.78, 5) is 0. The van der Waals surface area contributed by atoms with Gasteiger partial charge in [-0.1, -0.05) is 18.2 Å².